The molecule has 21 heavy (non-hydrogen) atoms. The molecular weight excluding hydrogens is 274 g/mol. The molecule has 0 spiro atoms. The van der Waals surface area contributed by atoms with Crippen molar-refractivity contribution in [3.8, 4) is 5.75 Å². The van der Waals surface area contributed by atoms with E-state index in [2.05, 4.69) is 15.3 Å². The Hall–Kier alpha value is -2.90. The van der Waals surface area contributed by atoms with Crippen LogP contribution in [-0.2, 0) is 0 Å². The van der Waals surface area contributed by atoms with Gasteiger partial charge >= 0.3 is 5.69 Å². The molecule has 1 aromatic heterocycles. The van der Waals surface area contributed by atoms with Gasteiger partial charge in [-0.3, -0.25) is 10.1 Å². The van der Waals surface area contributed by atoms with Gasteiger partial charge in [0.2, 0.25) is 11.8 Å². The van der Waals surface area contributed by atoms with Gasteiger partial charge in [0.1, 0.15) is 18.1 Å². The van der Waals surface area contributed by atoms with Crippen LogP contribution in [0.1, 0.15) is 6.92 Å². The molecule has 110 valence electrons. The Bertz CT molecular complexity index is 620. The normalized spacial score (nSPS) is 11.7. The highest BCUT2D eigenvalue weighted by atomic mass is 16.6. The lowest BCUT2D eigenvalue weighted by Gasteiger charge is -2.15. The van der Waals surface area contributed by atoms with Gasteiger partial charge in [0.05, 0.1) is 11.5 Å². The Balaban J connectivity index is 1.91. The fraction of sp³-hybridized carbons (Fsp3) is 0.231. The van der Waals surface area contributed by atoms with Gasteiger partial charge in [-0.2, -0.15) is 4.98 Å². The number of aromatic nitrogens is 2. The number of nitrogens with zero attached hydrogens (tertiary/aromatic N) is 3. The maximum absolute atomic E-state index is 10.6. The molecule has 2 aromatic rings. The maximum atomic E-state index is 10.6. The molecule has 0 aliphatic rings. The molecule has 0 saturated heterocycles. The number of rotatable bonds is 6. The molecule has 0 bridgehead atoms. The summed E-state index contributed by atoms with van der Waals surface area (Å²) in [4.78, 5) is 17.7. The van der Waals surface area contributed by atoms with Crippen LogP contribution in [0, 0.1) is 10.1 Å². The van der Waals surface area contributed by atoms with E-state index >= 15 is 0 Å². The molecule has 1 aromatic carbocycles. The second-order valence-electron chi connectivity index (χ2n) is 4.34. The van der Waals surface area contributed by atoms with Crippen molar-refractivity contribution in [1.29, 1.82) is 0 Å². The highest BCUT2D eigenvalue weighted by Crippen LogP contribution is 2.18. The van der Waals surface area contributed by atoms with Gasteiger partial charge < -0.3 is 15.8 Å². The van der Waals surface area contributed by atoms with Crippen LogP contribution in [0.25, 0.3) is 0 Å². The van der Waals surface area contributed by atoms with Crippen LogP contribution < -0.4 is 15.8 Å². The van der Waals surface area contributed by atoms with E-state index in [0.29, 0.717) is 6.54 Å². The van der Waals surface area contributed by atoms with E-state index in [0.717, 1.165) is 11.9 Å². The summed E-state index contributed by atoms with van der Waals surface area (Å²) in [6, 6.07) is 9.39. The summed E-state index contributed by atoms with van der Waals surface area (Å²) in [7, 11) is 0. The molecular formula is C13H15N5O3. The van der Waals surface area contributed by atoms with E-state index in [1.54, 1.807) is 0 Å². The molecule has 1 atom stereocenters. The van der Waals surface area contributed by atoms with Crippen LogP contribution in [0.2, 0.25) is 0 Å². The minimum Gasteiger partial charge on any atom is -0.489 e. The second-order valence-corrected chi connectivity index (χ2v) is 4.34. The standard InChI is InChI=1S/C13H15N5O3/c1-9(21-10-5-3-2-4-6-10)7-15-13-16-8-11(18(19)20)12(14)17-13/h2-6,8-9H,7H2,1H3,(H3,14,15,16,17)/t9-/m0/s1. The summed E-state index contributed by atoms with van der Waals surface area (Å²) >= 11 is 0. The monoisotopic (exact) mass is 289 g/mol. The van der Waals surface area contributed by atoms with Crippen LogP contribution in [0.5, 0.6) is 5.75 Å². The van der Waals surface area contributed by atoms with Gasteiger partial charge in [0, 0.05) is 0 Å². The van der Waals surface area contributed by atoms with E-state index in [1.807, 2.05) is 37.3 Å². The average Bonchev–Trinajstić information content (AvgIpc) is 2.46. The minimum atomic E-state index is -0.625. The van der Waals surface area contributed by atoms with Crippen molar-refractivity contribution in [2.75, 3.05) is 17.6 Å². The number of ether oxygens (including phenoxy) is 1. The summed E-state index contributed by atoms with van der Waals surface area (Å²) in [5.41, 5.74) is 5.18. The lowest BCUT2D eigenvalue weighted by atomic mass is 10.3. The SMILES string of the molecule is C[C@@H](CNc1ncc([N+](=O)[O-])c(N)n1)Oc1ccccc1. The van der Waals surface area contributed by atoms with Gasteiger partial charge in [-0.25, -0.2) is 4.98 Å². The van der Waals surface area contributed by atoms with Crippen LogP contribution in [0.4, 0.5) is 17.5 Å². The molecule has 0 amide bonds. The summed E-state index contributed by atoms with van der Waals surface area (Å²) in [6.07, 6.45) is 0.945. The van der Waals surface area contributed by atoms with Crippen molar-refractivity contribution in [2.45, 2.75) is 13.0 Å². The first-order chi connectivity index (χ1) is 10.1. The number of para-hydroxylation sites is 1. The van der Waals surface area contributed by atoms with Gasteiger partial charge in [-0.15, -0.1) is 0 Å². The Morgan fingerprint density at radius 1 is 1.43 bits per heavy atom. The molecule has 0 aliphatic carbocycles. The second kappa shape index (κ2) is 6.51. The summed E-state index contributed by atoms with van der Waals surface area (Å²) in [6.45, 7) is 2.32. The van der Waals surface area contributed by atoms with E-state index in [-0.39, 0.29) is 23.6 Å². The van der Waals surface area contributed by atoms with Crippen molar-refractivity contribution >= 4 is 17.5 Å². The Morgan fingerprint density at radius 3 is 2.76 bits per heavy atom. The van der Waals surface area contributed by atoms with E-state index in [1.165, 1.54) is 0 Å². The van der Waals surface area contributed by atoms with Gasteiger partial charge in [0.25, 0.3) is 0 Å². The molecule has 0 saturated carbocycles. The van der Waals surface area contributed by atoms with E-state index in [9.17, 15) is 10.1 Å². The number of nitro groups is 1. The summed E-state index contributed by atoms with van der Waals surface area (Å²) in [5.74, 6) is 0.812. The fourth-order valence-electron chi connectivity index (χ4n) is 1.62. The zero-order valence-electron chi connectivity index (χ0n) is 11.4. The molecule has 8 nitrogen and oxygen atoms in total. The predicted molar refractivity (Wildman–Crippen MR) is 78.1 cm³/mol. The largest absolute Gasteiger partial charge is 0.489 e. The van der Waals surface area contributed by atoms with E-state index in [4.69, 9.17) is 10.5 Å². The third kappa shape index (κ3) is 4.03. The third-order valence-corrected chi connectivity index (χ3v) is 2.62. The molecule has 0 radical (unpaired) electrons. The number of anilines is 2. The number of nitrogens with one attached hydrogen (secondary N) is 1. The van der Waals surface area contributed by atoms with Gasteiger partial charge in [-0.1, -0.05) is 18.2 Å². The highest BCUT2D eigenvalue weighted by Gasteiger charge is 2.14. The molecule has 1 heterocycles. The zero-order chi connectivity index (χ0) is 15.2. The van der Waals surface area contributed by atoms with Gasteiger partial charge in [0.15, 0.2) is 0 Å². The van der Waals surface area contributed by atoms with Crippen molar-refractivity contribution in [3.63, 3.8) is 0 Å². The topological polar surface area (TPSA) is 116 Å². The third-order valence-electron chi connectivity index (χ3n) is 2.62. The van der Waals surface area contributed by atoms with Crippen molar-refractivity contribution in [3.05, 3.63) is 46.6 Å². The summed E-state index contributed by atoms with van der Waals surface area (Å²) < 4.78 is 5.67. The minimum absolute atomic E-state index is 0.132. The van der Waals surface area contributed by atoms with Crippen molar-refractivity contribution in [2.24, 2.45) is 0 Å². The molecule has 8 heteroatoms. The Labute approximate surface area is 121 Å². The lowest BCUT2D eigenvalue weighted by Crippen LogP contribution is -2.23. The zero-order valence-corrected chi connectivity index (χ0v) is 11.4. The fourth-order valence-corrected chi connectivity index (χ4v) is 1.62. The first-order valence-corrected chi connectivity index (χ1v) is 6.28. The van der Waals surface area contributed by atoms with Crippen LogP contribution >= 0.6 is 0 Å². The molecule has 0 fully saturated rings. The average molecular weight is 289 g/mol. The summed E-state index contributed by atoms with van der Waals surface area (Å²) in [5, 5.41) is 13.5. The van der Waals surface area contributed by atoms with Crippen molar-refractivity contribution in [1.82, 2.24) is 9.97 Å². The van der Waals surface area contributed by atoms with Gasteiger partial charge in [-0.05, 0) is 19.1 Å². The predicted octanol–water partition coefficient (Wildman–Crippen LogP) is 1.85. The smallest absolute Gasteiger partial charge is 0.329 e. The Kier molecular flexibility index (Phi) is 4.50. The maximum Gasteiger partial charge on any atom is 0.329 e. The Morgan fingerprint density at radius 2 is 2.14 bits per heavy atom. The first-order valence-electron chi connectivity index (χ1n) is 6.28. The van der Waals surface area contributed by atoms with Crippen LogP contribution in [-0.4, -0.2) is 27.5 Å². The van der Waals surface area contributed by atoms with Crippen molar-refractivity contribution < 1.29 is 9.66 Å². The number of nitrogens with two attached hydrogens (primary N) is 1. The number of hydrogen-bond acceptors (Lipinski definition) is 7. The quantitative estimate of drug-likeness (QED) is 0.615. The molecule has 3 N–H and O–H groups in total. The molecule has 2 rings (SSSR count). The molecule has 0 unspecified atom stereocenters. The lowest BCUT2D eigenvalue weighted by molar-refractivity contribution is -0.384. The van der Waals surface area contributed by atoms with E-state index < -0.39 is 4.92 Å². The number of hydrogen-bond donors (Lipinski definition) is 2. The number of nitrogen functional groups attached to an aromatic ring is 1. The van der Waals surface area contributed by atoms with Crippen LogP contribution in [0.3, 0.4) is 0 Å². The molecule has 0 aliphatic heterocycles. The first kappa shape index (κ1) is 14.5. The number of benzene rings is 1. The highest BCUT2D eigenvalue weighted by molar-refractivity contribution is 5.53. The van der Waals surface area contributed by atoms with Crippen LogP contribution in [0.15, 0.2) is 36.5 Å².